The van der Waals surface area contributed by atoms with Crippen LogP contribution in [0, 0.1) is 6.92 Å². The van der Waals surface area contributed by atoms with Crippen molar-refractivity contribution in [2.45, 2.75) is 26.7 Å². The van der Waals surface area contributed by atoms with Crippen LogP contribution in [0.1, 0.15) is 35.2 Å². The van der Waals surface area contributed by atoms with Crippen LogP contribution in [0.3, 0.4) is 0 Å². The Morgan fingerprint density at radius 3 is 2.93 bits per heavy atom. The predicted octanol–water partition coefficient (Wildman–Crippen LogP) is 4.48. The molecule has 4 aromatic rings. The highest BCUT2D eigenvalue weighted by atomic mass is 35.5. The van der Waals surface area contributed by atoms with Crippen molar-refractivity contribution < 1.29 is 9.32 Å². The van der Waals surface area contributed by atoms with Gasteiger partial charge in [-0.25, -0.2) is 9.67 Å². The highest BCUT2D eigenvalue weighted by molar-refractivity contribution is 6.31. The molecule has 0 aliphatic carbocycles. The number of hydrogen-bond acceptors (Lipinski definition) is 6. The third-order valence-electron chi connectivity index (χ3n) is 4.49. The second kappa shape index (κ2) is 8.46. The van der Waals surface area contributed by atoms with Crippen LogP contribution in [0.2, 0.25) is 5.02 Å². The molecular formula is C21H19ClN6O2. The van der Waals surface area contributed by atoms with E-state index in [0.717, 1.165) is 18.4 Å². The maximum atomic E-state index is 12.7. The number of nitrogens with zero attached hydrogens (tertiary/aromatic N) is 5. The van der Waals surface area contributed by atoms with Crippen molar-refractivity contribution in [2.24, 2.45) is 0 Å². The third-order valence-corrected chi connectivity index (χ3v) is 4.72. The Balaban J connectivity index is 1.59. The lowest BCUT2D eigenvalue weighted by Crippen LogP contribution is -2.13. The van der Waals surface area contributed by atoms with Crippen LogP contribution in [0.5, 0.6) is 0 Å². The largest absolute Gasteiger partial charge is 0.334 e. The van der Waals surface area contributed by atoms with Gasteiger partial charge in [0.05, 0.1) is 17.5 Å². The van der Waals surface area contributed by atoms with Gasteiger partial charge in [0.15, 0.2) is 11.6 Å². The number of nitrogens with one attached hydrogen (secondary N) is 1. The molecule has 0 saturated carbocycles. The topological polar surface area (TPSA) is 98.7 Å². The molecule has 8 nitrogen and oxygen atoms in total. The zero-order chi connectivity index (χ0) is 21.1. The van der Waals surface area contributed by atoms with E-state index in [-0.39, 0.29) is 5.91 Å². The van der Waals surface area contributed by atoms with Crippen LogP contribution in [0.25, 0.3) is 17.3 Å². The number of hydrogen-bond donors (Lipinski definition) is 1. The van der Waals surface area contributed by atoms with Gasteiger partial charge in [-0.3, -0.25) is 4.79 Å². The van der Waals surface area contributed by atoms with Gasteiger partial charge >= 0.3 is 0 Å². The lowest BCUT2D eigenvalue weighted by Gasteiger charge is -2.07. The van der Waals surface area contributed by atoms with Gasteiger partial charge in [-0.1, -0.05) is 29.7 Å². The van der Waals surface area contributed by atoms with Crippen molar-refractivity contribution in [2.75, 3.05) is 5.32 Å². The van der Waals surface area contributed by atoms with E-state index < -0.39 is 0 Å². The van der Waals surface area contributed by atoms with Gasteiger partial charge < -0.3 is 9.84 Å². The molecule has 0 spiro atoms. The number of benzene rings is 1. The summed E-state index contributed by atoms with van der Waals surface area (Å²) in [4.78, 5) is 21.5. The summed E-state index contributed by atoms with van der Waals surface area (Å²) < 4.78 is 6.95. The predicted molar refractivity (Wildman–Crippen MR) is 113 cm³/mol. The molecule has 152 valence electrons. The van der Waals surface area contributed by atoms with Crippen LogP contribution < -0.4 is 5.32 Å². The number of halogens is 1. The number of aromatic nitrogens is 5. The van der Waals surface area contributed by atoms with Gasteiger partial charge in [-0.2, -0.15) is 10.1 Å². The highest BCUT2D eigenvalue weighted by Gasteiger charge is 2.17. The molecule has 0 radical (unpaired) electrons. The molecule has 0 aliphatic heterocycles. The number of anilines is 1. The maximum Gasteiger partial charge on any atom is 0.259 e. The fraction of sp³-hybridized carbons (Fsp3) is 0.190. The Morgan fingerprint density at radius 2 is 2.13 bits per heavy atom. The summed E-state index contributed by atoms with van der Waals surface area (Å²) in [7, 11) is 0. The highest BCUT2D eigenvalue weighted by Crippen LogP contribution is 2.22. The summed E-state index contributed by atoms with van der Waals surface area (Å²) >= 11 is 5.98. The van der Waals surface area contributed by atoms with Crippen molar-refractivity contribution in [3.05, 3.63) is 70.9 Å². The molecule has 0 atom stereocenters. The van der Waals surface area contributed by atoms with Crippen molar-refractivity contribution in [1.29, 1.82) is 0 Å². The summed E-state index contributed by atoms with van der Waals surface area (Å²) in [5.74, 6) is 1.35. The summed E-state index contributed by atoms with van der Waals surface area (Å²) in [6.45, 7) is 3.86. The standard InChI is InChI=1S/C21H19ClN6O2/c1-3-5-18-26-21(30-27-18)14-8-9-23-19(10-14)28-13(2)17(12-24-28)20(29)25-16-7-4-6-15(22)11-16/h4,6-12H,3,5H2,1-2H3,(H,25,29). The molecule has 30 heavy (non-hydrogen) atoms. The van der Waals surface area contributed by atoms with Crippen LogP contribution >= 0.6 is 11.6 Å². The Hall–Kier alpha value is -3.52. The first-order chi connectivity index (χ1) is 14.5. The van der Waals surface area contributed by atoms with Crippen LogP contribution in [-0.4, -0.2) is 30.8 Å². The lowest BCUT2D eigenvalue weighted by atomic mass is 10.2. The Labute approximate surface area is 177 Å². The molecule has 0 saturated heterocycles. The lowest BCUT2D eigenvalue weighted by molar-refractivity contribution is 0.102. The molecule has 0 aliphatic rings. The number of aryl methyl sites for hydroxylation is 1. The smallest absolute Gasteiger partial charge is 0.259 e. The van der Waals surface area contributed by atoms with Crippen LogP contribution in [0.4, 0.5) is 5.69 Å². The zero-order valence-corrected chi connectivity index (χ0v) is 17.2. The first-order valence-corrected chi connectivity index (χ1v) is 9.84. The molecule has 0 fully saturated rings. The minimum atomic E-state index is -0.279. The van der Waals surface area contributed by atoms with E-state index in [4.69, 9.17) is 16.1 Å². The normalized spacial score (nSPS) is 10.9. The number of amides is 1. The Morgan fingerprint density at radius 1 is 1.27 bits per heavy atom. The van der Waals surface area contributed by atoms with Gasteiger partial charge in [-0.15, -0.1) is 0 Å². The van der Waals surface area contributed by atoms with E-state index >= 15 is 0 Å². The van der Waals surface area contributed by atoms with Crippen molar-refractivity contribution in [1.82, 2.24) is 24.9 Å². The minimum Gasteiger partial charge on any atom is -0.334 e. The van der Waals surface area contributed by atoms with Crippen molar-refractivity contribution in [3.8, 4) is 17.3 Å². The second-order valence-corrected chi connectivity index (χ2v) is 7.12. The molecule has 0 unspecified atom stereocenters. The monoisotopic (exact) mass is 422 g/mol. The molecule has 3 heterocycles. The number of carbonyl (C=O) groups is 1. The fourth-order valence-electron chi connectivity index (χ4n) is 2.99. The molecule has 3 aromatic heterocycles. The molecular weight excluding hydrogens is 404 g/mol. The Bertz CT molecular complexity index is 1200. The molecule has 9 heteroatoms. The van der Waals surface area contributed by atoms with Crippen LogP contribution in [0.15, 0.2) is 53.3 Å². The minimum absolute atomic E-state index is 0.279. The van der Waals surface area contributed by atoms with Crippen molar-refractivity contribution >= 4 is 23.2 Å². The van der Waals surface area contributed by atoms with Gasteiger partial charge in [0.2, 0.25) is 0 Å². The van der Waals surface area contributed by atoms with Gasteiger partial charge in [-0.05, 0) is 43.7 Å². The molecule has 1 aromatic carbocycles. The third kappa shape index (κ3) is 4.08. The summed E-state index contributed by atoms with van der Waals surface area (Å²) in [5, 5.41) is 11.7. The Kier molecular flexibility index (Phi) is 5.58. The van der Waals surface area contributed by atoms with E-state index in [1.165, 1.54) is 6.20 Å². The summed E-state index contributed by atoms with van der Waals surface area (Å²) in [6, 6.07) is 10.5. The molecule has 1 amide bonds. The average Bonchev–Trinajstić information content (AvgIpc) is 3.35. The zero-order valence-electron chi connectivity index (χ0n) is 16.5. The summed E-state index contributed by atoms with van der Waals surface area (Å²) in [5.41, 5.74) is 2.43. The summed E-state index contributed by atoms with van der Waals surface area (Å²) in [6.07, 6.45) is 4.84. The van der Waals surface area contributed by atoms with Gasteiger partial charge in [0.25, 0.3) is 11.8 Å². The average molecular weight is 423 g/mol. The SMILES string of the molecule is CCCc1noc(-c2ccnc(-n3ncc(C(=O)Nc4cccc(Cl)c4)c3C)c2)n1. The van der Waals surface area contributed by atoms with E-state index in [1.807, 2.05) is 0 Å². The van der Waals surface area contributed by atoms with Crippen molar-refractivity contribution in [3.63, 3.8) is 0 Å². The molecule has 1 N–H and O–H groups in total. The quantitative estimate of drug-likeness (QED) is 0.491. The number of rotatable bonds is 6. The number of carbonyl (C=O) groups excluding carboxylic acids is 1. The van der Waals surface area contributed by atoms with Gasteiger partial charge in [0, 0.05) is 28.9 Å². The van der Waals surface area contributed by atoms with E-state index in [0.29, 0.717) is 39.5 Å². The maximum absolute atomic E-state index is 12.7. The first-order valence-electron chi connectivity index (χ1n) is 9.46. The van der Waals surface area contributed by atoms with E-state index in [2.05, 4.69) is 32.5 Å². The molecule has 0 bridgehead atoms. The fourth-order valence-corrected chi connectivity index (χ4v) is 3.18. The first kappa shape index (κ1) is 19.8. The van der Waals surface area contributed by atoms with Crippen LogP contribution in [-0.2, 0) is 6.42 Å². The van der Waals surface area contributed by atoms with E-state index in [9.17, 15) is 4.79 Å². The second-order valence-electron chi connectivity index (χ2n) is 6.69. The molecule has 4 rings (SSSR count). The van der Waals surface area contributed by atoms with Gasteiger partial charge in [0.1, 0.15) is 0 Å². The van der Waals surface area contributed by atoms with E-state index in [1.54, 1.807) is 54.2 Å². The number of pyridine rings is 1.